The number of aliphatic hydroxyl groups is 1. The van der Waals surface area contributed by atoms with Crippen LogP contribution in [-0.2, 0) is 0 Å². The molecule has 0 heterocycles. The van der Waals surface area contributed by atoms with E-state index in [0.717, 1.165) is 50.0 Å². The molecule has 1 aromatic rings. The van der Waals surface area contributed by atoms with Gasteiger partial charge in [0.05, 0.1) is 17.7 Å². The van der Waals surface area contributed by atoms with Gasteiger partial charge in [0.2, 0.25) is 0 Å². The second-order valence-corrected chi connectivity index (χ2v) is 5.26. The van der Waals surface area contributed by atoms with E-state index in [0.29, 0.717) is 5.56 Å². The van der Waals surface area contributed by atoms with Gasteiger partial charge >= 0.3 is 0 Å². The Morgan fingerprint density at radius 3 is 2.25 bits per heavy atom. The number of anilines is 1. The van der Waals surface area contributed by atoms with E-state index < -0.39 is 6.10 Å². The van der Waals surface area contributed by atoms with Crippen LogP contribution in [0.5, 0.6) is 0 Å². The molecule has 0 bridgehead atoms. The van der Waals surface area contributed by atoms with Crippen LogP contribution in [0, 0.1) is 11.3 Å². The molecule has 0 saturated heterocycles. The smallest absolute Gasteiger partial charge is 0.0992 e. The van der Waals surface area contributed by atoms with Crippen LogP contribution in [0.2, 0.25) is 0 Å². The summed E-state index contributed by atoms with van der Waals surface area (Å²) in [7, 11) is 0. The molecule has 1 N–H and O–H groups in total. The van der Waals surface area contributed by atoms with Gasteiger partial charge in [-0.2, -0.15) is 5.26 Å². The van der Waals surface area contributed by atoms with Gasteiger partial charge in [-0.05, 0) is 31.9 Å². The van der Waals surface area contributed by atoms with E-state index >= 15 is 0 Å². The van der Waals surface area contributed by atoms with E-state index in [4.69, 9.17) is 5.26 Å². The third-order valence-electron chi connectivity index (χ3n) is 3.51. The zero-order valence-electron chi connectivity index (χ0n) is 12.9. The van der Waals surface area contributed by atoms with Crippen molar-refractivity contribution in [3.63, 3.8) is 0 Å². The van der Waals surface area contributed by atoms with Crippen molar-refractivity contribution in [3.8, 4) is 6.07 Å². The fourth-order valence-electron chi connectivity index (χ4n) is 2.29. The fraction of sp³-hybridized carbons (Fsp3) is 0.588. The molecular weight excluding hydrogens is 248 g/mol. The van der Waals surface area contributed by atoms with E-state index in [9.17, 15) is 5.11 Å². The molecule has 0 aromatic heterocycles. The molecule has 0 spiro atoms. The van der Waals surface area contributed by atoms with Crippen molar-refractivity contribution < 1.29 is 5.11 Å². The van der Waals surface area contributed by atoms with Crippen LogP contribution in [0.3, 0.4) is 0 Å². The van der Waals surface area contributed by atoms with Gasteiger partial charge in [-0.1, -0.05) is 32.8 Å². The predicted octanol–water partition coefficient (Wildman–Crippen LogP) is 4.02. The molecule has 3 nitrogen and oxygen atoms in total. The van der Waals surface area contributed by atoms with Gasteiger partial charge in [-0.25, -0.2) is 0 Å². The summed E-state index contributed by atoms with van der Waals surface area (Å²) in [5.41, 5.74) is 2.58. The third kappa shape index (κ3) is 4.54. The summed E-state index contributed by atoms with van der Waals surface area (Å²) in [5, 5.41) is 19.1. The maximum Gasteiger partial charge on any atom is 0.0992 e. The van der Waals surface area contributed by atoms with Crippen LogP contribution in [-0.4, -0.2) is 18.2 Å². The largest absolute Gasteiger partial charge is 0.389 e. The fourth-order valence-corrected chi connectivity index (χ4v) is 2.29. The summed E-state index contributed by atoms with van der Waals surface area (Å²) < 4.78 is 0. The Hall–Kier alpha value is -1.53. The lowest BCUT2D eigenvalue weighted by Gasteiger charge is -2.28. The summed E-state index contributed by atoms with van der Waals surface area (Å²) in [6.07, 6.45) is 4.03. The number of benzene rings is 1. The minimum atomic E-state index is -0.511. The SMILES string of the molecule is CCCCN(CCCC)c1cc(C#N)ccc1C(C)O. The summed E-state index contributed by atoms with van der Waals surface area (Å²) >= 11 is 0. The van der Waals surface area contributed by atoms with Gasteiger partial charge < -0.3 is 10.0 Å². The Labute approximate surface area is 122 Å². The molecule has 3 heteroatoms. The summed E-state index contributed by atoms with van der Waals surface area (Å²) in [6.45, 7) is 8.09. The van der Waals surface area contributed by atoms with Crippen LogP contribution < -0.4 is 4.90 Å². The minimum Gasteiger partial charge on any atom is -0.389 e. The second kappa shape index (κ2) is 8.60. The van der Waals surface area contributed by atoms with Crippen molar-refractivity contribution in [2.24, 2.45) is 0 Å². The lowest BCUT2D eigenvalue weighted by atomic mass is 10.0. The molecular formula is C17H26N2O. The lowest BCUT2D eigenvalue weighted by Crippen LogP contribution is -2.27. The minimum absolute atomic E-state index is 0.511. The van der Waals surface area contributed by atoms with Gasteiger partial charge in [-0.15, -0.1) is 0 Å². The number of nitriles is 1. The van der Waals surface area contributed by atoms with Crippen molar-refractivity contribution in [1.82, 2.24) is 0 Å². The Kier molecular flexibility index (Phi) is 7.11. The molecule has 1 unspecified atom stereocenters. The number of hydrogen-bond donors (Lipinski definition) is 1. The monoisotopic (exact) mass is 274 g/mol. The number of aliphatic hydroxyl groups excluding tert-OH is 1. The maximum absolute atomic E-state index is 9.96. The Morgan fingerprint density at radius 1 is 1.20 bits per heavy atom. The molecule has 0 saturated carbocycles. The van der Waals surface area contributed by atoms with E-state index in [1.165, 1.54) is 0 Å². The molecule has 0 fully saturated rings. The highest BCUT2D eigenvalue weighted by atomic mass is 16.3. The topological polar surface area (TPSA) is 47.3 Å². The molecule has 1 atom stereocenters. The third-order valence-corrected chi connectivity index (χ3v) is 3.51. The zero-order valence-corrected chi connectivity index (χ0v) is 12.9. The summed E-state index contributed by atoms with van der Waals surface area (Å²) in [6, 6.07) is 7.76. The van der Waals surface area contributed by atoms with Crippen molar-refractivity contribution >= 4 is 5.69 Å². The van der Waals surface area contributed by atoms with Crippen molar-refractivity contribution in [1.29, 1.82) is 5.26 Å². The van der Waals surface area contributed by atoms with Crippen molar-refractivity contribution in [2.75, 3.05) is 18.0 Å². The van der Waals surface area contributed by atoms with E-state index in [-0.39, 0.29) is 0 Å². The predicted molar refractivity (Wildman–Crippen MR) is 83.8 cm³/mol. The molecule has 0 radical (unpaired) electrons. The highest BCUT2D eigenvalue weighted by Gasteiger charge is 2.14. The van der Waals surface area contributed by atoms with Crippen LogP contribution in [0.25, 0.3) is 0 Å². The van der Waals surface area contributed by atoms with Crippen LogP contribution in [0.15, 0.2) is 18.2 Å². The quantitative estimate of drug-likeness (QED) is 0.779. The molecule has 1 aromatic carbocycles. The first-order valence-corrected chi connectivity index (χ1v) is 7.61. The first-order valence-electron chi connectivity index (χ1n) is 7.61. The van der Waals surface area contributed by atoms with Gasteiger partial charge in [0.1, 0.15) is 0 Å². The Morgan fingerprint density at radius 2 is 1.80 bits per heavy atom. The Balaban J connectivity index is 3.10. The van der Waals surface area contributed by atoms with Crippen LogP contribution >= 0.6 is 0 Å². The summed E-state index contributed by atoms with van der Waals surface area (Å²) in [5.74, 6) is 0. The molecule has 110 valence electrons. The second-order valence-electron chi connectivity index (χ2n) is 5.26. The highest BCUT2D eigenvalue weighted by Crippen LogP contribution is 2.28. The highest BCUT2D eigenvalue weighted by molar-refractivity contribution is 5.58. The lowest BCUT2D eigenvalue weighted by molar-refractivity contribution is 0.199. The van der Waals surface area contributed by atoms with Crippen molar-refractivity contribution in [3.05, 3.63) is 29.3 Å². The zero-order chi connectivity index (χ0) is 15.0. The average Bonchev–Trinajstić information content (AvgIpc) is 2.46. The van der Waals surface area contributed by atoms with Crippen molar-refractivity contribution in [2.45, 2.75) is 52.6 Å². The van der Waals surface area contributed by atoms with Gasteiger partial charge in [-0.3, -0.25) is 0 Å². The maximum atomic E-state index is 9.96. The average molecular weight is 274 g/mol. The van der Waals surface area contributed by atoms with E-state index in [1.54, 1.807) is 13.0 Å². The first kappa shape index (κ1) is 16.5. The van der Waals surface area contributed by atoms with E-state index in [2.05, 4.69) is 24.8 Å². The molecule has 0 aliphatic rings. The van der Waals surface area contributed by atoms with Crippen LogP contribution in [0.1, 0.15) is 63.7 Å². The van der Waals surface area contributed by atoms with E-state index in [1.807, 2.05) is 12.1 Å². The standard InChI is InChI=1S/C17H26N2O/c1-4-6-10-19(11-7-5-2)17-12-15(13-18)8-9-16(17)14(3)20/h8-9,12,14,20H,4-7,10-11H2,1-3H3. The van der Waals surface area contributed by atoms with Gasteiger partial charge in [0, 0.05) is 24.3 Å². The number of rotatable bonds is 8. The molecule has 0 aliphatic heterocycles. The number of nitrogens with zero attached hydrogens (tertiary/aromatic N) is 2. The molecule has 1 rings (SSSR count). The number of unbranched alkanes of at least 4 members (excludes halogenated alkanes) is 2. The van der Waals surface area contributed by atoms with Crippen LogP contribution in [0.4, 0.5) is 5.69 Å². The normalized spacial score (nSPS) is 11.9. The molecule has 0 amide bonds. The number of hydrogen-bond acceptors (Lipinski definition) is 3. The molecule has 20 heavy (non-hydrogen) atoms. The Bertz CT molecular complexity index is 441. The summed E-state index contributed by atoms with van der Waals surface area (Å²) in [4.78, 5) is 2.32. The van der Waals surface area contributed by atoms with Gasteiger partial charge in [0.25, 0.3) is 0 Å². The first-order chi connectivity index (χ1) is 9.63. The van der Waals surface area contributed by atoms with Gasteiger partial charge in [0.15, 0.2) is 0 Å². The molecule has 0 aliphatic carbocycles.